The van der Waals surface area contributed by atoms with Gasteiger partial charge in [-0.05, 0) is 38.5 Å². The lowest BCUT2D eigenvalue weighted by molar-refractivity contribution is 0.0271. The van der Waals surface area contributed by atoms with Crippen molar-refractivity contribution in [1.82, 2.24) is 0 Å². The number of nitrogens with two attached hydrogens (primary N) is 1. The Bertz CT molecular complexity index is 359. The van der Waals surface area contributed by atoms with Crippen molar-refractivity contribution in [2.75, 3.05) is 6.61 Å². The second-order valence-electron chi connectivity index (χ2n) is 4.58. The van der Waals surface area contributed by atoms with Gasteiger partial charge in [0.25, 0.3) is 0 Å². The van der Waals surface area contributed by atoms with Gasteiger partial charge in [0.15, 0.2) is 11.6 Å². The van der Waals surface area contributed by atoms with Crippen LogP contribution in [0.5, 0.6) is 5.75 Å². The Balaban J connectivity index is 2.76. The van der Waals surface area contributed by atoms with E-state index in [1.165, 1.54) is 12.1 Å². The predicted molar refractivity (Wildman–Crippen MR) is 60.8 cm³/mol. The number of ether oxygens (including phenoxy) is 1. The number of benzene rings is 1. The van der Waals surface area contributed by atoms with E-state index in [0.29, 0.717) is 5.56 Å². The Hall–Kier alpha value is -1.13. The first kappa shape index (κ1) is 12.9. The summed E-state index contributed by atoms with van der Waals surface area (Å²) >= 11 is 0. The van der Waals surface area contributed by atoms with E-state index in [-0.39, 0.29) is 18.4 Å². The minimum Gasteiger partial charge on any atom is -0.488 e. The number of halogens is 1. The van der Waals surface area contributed by atoms with Crippen molar-refractivity contribution in [3.05, 3.63) is 29.6 Å². The Kier molecular flexibility index (Phi) is 3.88. The van der Waals surface area contributed by atoms with Crippen LogP contribution in [-0.4, -0.2) is 17.3 Å². The van der Waals surface area contributed by atoms with Gasteiger partial charge >= 0.3 is 0 Å². The first-order valence-corrected chi connectivity index (χ1v) is 5.20. The van der Waals surface area contributed by atoms with Crippen LogP contribution < -0.4 is 10.5 Å². The fraction of sp³-hybridized carbons (Fsp3) is 0.500. The van der Waals surface area contributed by atoms with Crippen molar-refractivity contribution in [3.63, 3.8) is 0 Å². The minimum absolute atomic E-state index is 0.0431. The van der Waals surface area contributed by atoms with Crippen LogP contribution in [0.4, 0.5) is 4.39 Å². The third-order valence-corrected chi connectivity index (χ3v) is 2.06. The topological polar surface area (TPSA) is 55.5 Å². The minimum atomic E-state index is -0.980. The van der Waals surface area contributed by atoms with Gasteiger partial charge in [0.05, 0.1) is 5.60 Å². The zero-order valence-corrected chi connectivity index (χ0v) is 9.83. The standard InChI is InChI=1S/C12H18FNO2/c1-8(14)9-4-5-11(10(13)6-9)16-7-12(2,3)15/h4-6,8,15H,7,14H2,1-3H3/t8-/m1/s1. The summed E-state index contributed by atoms with van der Waals surface area (Å²) in [6.45, 7) is 5.02. The normalized spacial score (nSPS) is 13.6. The van der Waals surface area contributed by atoms with E-state index in [0.717, 1.165) is 0 Å². The predicted octanol–water partition coefficient (Wildman–Crippen LogP) is 2.00. The van der Waals surface area contributed by atoms with Gasteiger partial charge in [-0.2, -0.15) is 0 Å². The molecule has 4 heteroatoms. The van der Waals surface area contributed by atoms with Crippen LogP contribution in [0.15, 0.2) is 18.2 Å². The third-order valence-electron chi connectivity index (χ3n) is 2.06. The van der Waals surface area contributed by atoms with Gasteiger partial charge in [-0.1, -0.05) is 6.07 Å². The molecule has 0 aliphatic carbocycles. The lowest BCUT2D eigenvalue weighted by Crippen LogP contribution is -2.28. The summed E-state index contributed by atoms with van der Waals surface area (Å²) in [5, 5.41) is 9.45. The van der Waals surface area contributed by atoms with Crippen LogP contribution in [0.2, 0.25) is 0 Å². The molecule has 0 aromatic heterocycles. The molecule has 90 valence electrons. The van der Waals surface area contributed by atoms with Gasteiger partial charge in [-0.3, -0.25) is 0 Å². The summed E-state index contributed by atoms with van der Waals surface area (Å²) in [7, 11) is 0. The molecule has 0 amide bonds. The zero-order chi connectivity index (χ0) is 12.3. The summed E-state index contributed by atoms with van der Waals surface area (Å²) in [5.41, 5.74) is 5.36. The monoisotopic (exact) mass is 227 g/mol. The Labute approximate surface area is 95.0 Å². The molecule has 0 heterocycles. The van der Waals surface area contributed by atoms with Gasteiger partial charge in [-0.25, -0.2) is 4.39 Å². The molecule has 16 heavy (non-hydrogen) atoms. The molecule has 0 unspecified atom stereocenters. The SMILES string of the molecule is C[C@@H](N)c1ccc(OCC(C)(C)O)c(F)c1. The van der Waals surface area contributed by atoms with E-state index >= 15 is 0 Å². The van der Waals surface area contributed by atoms with Crippen molar-refractivity contribution in [2.24, 2.45) is 5.73 Å². The zero-order valence-electron chi connectivity index (χ0n) is 9.83. The highest BCUT2D eigenvalue weighted by Crippen LogP contribution is 2.21. The average Bonchev–Trinajstić information content (AvgIpc) is 2.14. The van der Waals surface area contributed by atoms with E-state index in [1.807, 2.05) is 0 Å². The first-order valence-electron chi connectivity index (χ1n) is 5.20. The molecule has 0 saturated carbocycles. The summed E-state index contributed by atoms with van der Waals surface area (Å²) in [5.74, 6) is -0.328. The van der Waals surface area contributed by atoms with Gasteiger partial charge in [0.1, 0.15) is 6.61 Å². The number of aliphatic hydroxyl groups is 1. The maximum absolute atomic E-state index is 13.5. The number of hydrogen-bond acceptors (Lipinski definition) is 3. The maximum Gasteiger partial charge on any atom is 0.165 e. The molecular formula is C12H18FNO2. The van der Waals surface area contributed by atoms with E-state index in [1.54, 1.807) is 26.8 Å². The second-order valence-corrected chi connectivity index (χ2v) is 4.58. The fourth-order valence-electron chi connectivity index (χ4n) is 1.17. The van der Waals surface area contributed by atoms with Gasteiger partial charge in [0, 0.05) is 6.04 Å². The molecule has 0 saturated heterocycles. The van der Waals surface area contributed by atoms with Crippen LogP contribution in [0, 0.1) is 5.82 Å². The largest absolute Gasteiger partial charge is 0.488 e. The molecule has 3 nitrogen and oxygen atoms in total. The average molecular weight is 227 g/mol. The summed E-state index contributed by atoms with van der Waals surface area (Å²) in [6, 6.07) is 4.38. The van der Waals surface area contributed by atoms with Crippen LogP contribution in [-0.2, 0) is 0 Å². The van der Waals surface area contributed by atoms with E-state index in [9.17, 15) is 9.50 Å². The Morgan fingerprint density at radius 2 is 2.12 bits per heavy atom. The molecule has 3 N–H and O–H groups in total. The number of hydrogen-bond donors (Lipinski definition) is 2. The van der Waals surface area contributed by atoms with Crippen LogP contribution in [0.25, 0.3) is 0 Å². The van der Waals surface area contributed by atoms with E-state index in [2.05, 4.69) is 0 Å². The van der Waals surface area contributed by atoms with Gasteiger partial charge in [0.2, 0.25) is 0 Å². The maximum atomic E-state index is 13.5. The van der Waals surface area contributed by atoms with Crippen LogP contribution in [0.3, 0.4) is 0 Å². The van der Waals surface area contributed by atoms with Crippen molar-refractivity contribution in [2.45, 2.75) is 32.4 Å². The Morgan fingerprint density at radius 1 is 1.50 bits per heavy atom. The molecule has 1 atom stereocenters. The van der Waals surface area contributed by atoms with E-state index in [4.69, 9.17) is 10.5 Å². The van der Waals surface area contributed by atoms with E-state index < -0.39 is 11.4 Å². The third kappa shape index (κ3) is 3.79. The fourth-order valence-corrected chi connectivity index (χ4v) is 1.17. The smallest absolute Gasteiger partial charge is 0.165 e. The highest BCUT2D eigenvalue weighted by Gasteiger charge is 2.15. The lowest BCUT2D eigenvalue weighted by atomic mass is 10.1. The molecule has 0 fully saturated rings. The molecule has 0 aliphatic heterocycles. The van der Waals surface area contributed by atoms with Gasteiger partial charge in [-0.15, -0.1) is 0 Å². The summed E-state index contributed by atoms with van der Waals surface area (Å²) < 4.78 is 18.7. The van der Waals surface area contributed by atoms with Crippen molar-refractivity contribution in [1.29, 1.82) is 0 Å². The molecule has 1 rings (SSSR count). The summed E-state index contributed by atoms with van der Waals surface area (Å²) in [6.07, 6.45) is 0. The second kappa shape index (κ2) is 4.80. The highest BCUT2D eigenvalue weighted by atomic mass is 19.1. The van der Waals surface area contributed by atoms with Crippen molar-refractivity contribution >= 4 is 0 Å². The lowest BCUT2D eigenvalue weighted by Gasteiger charge is -2.18. The van der Waals surface area contributed by atoms with Gasteiger partial charge < -0.3 is 15.6 Å². The molecule has 0 radical (unpaired) electrons. The molecular weight excluding hydrogens is 209 g/mol. The first-order chi connectivity index (χ1) is 7.29. The van der Waals surface area contributed by atoms with Crippen molar-refractivity contribution < 1.29 is 14.2 Å². The van der Waals surface area contributed by atoms with Crippen molar-refractivity contribution in [3.8, 4) is 5.75 Å². The molecule has 0 aliphatic rings. The molecule has 1 aromatic rings. The highest BCUT2D eigenvalue weighted by molar-refractivity contribution is 5.30. The molecule has 0 bridgehead atoms. The van der Waals surface area contributed by atoms with Crippen LogP contribution >= 0.6 is 0 Å². The molecule has 1 aromatic carbocycles. The Morgan fingerprint density at radius 3 is 2.56 bits per heavy atom. The molecule has 0 spiro atoms. The number of rotatable bonds is 4. The summed E-state index contributed by atoms with van der Waals surface area (Å²) in [4.78, 5) is 0. The van der Waals surface area contributed by atoms with Crippen LogP contribution in [0.1, 0.15) is 32.4 Å². The quantitative estimate of drug-likeness (QED) is 0.827.